The van der Waals surface area contributed by atoms with Gasteiger partial charge in [0.1, 0.15) is 28.8 Å². The number of allylic oxidation sites excluding steroid dienone is 1. The van der Waals surface area contributed by atoms with Gasteiger partial charge in [0.25, 0.3) is 5.56 Å². The Hall–Kier alpha value is -3.67. The van der Waals surface area contributed by atoms with Crippen LogP contribution in [-0.2, 0) is 16.4 Å². The van der Waals surface area contributed by atoms with Gasteiger partial charge in [-0.2, -0.15) is 4.98 Å². The van der Waals surface area contributed by atoms with E-state index in [9.17, 15) is 18.3 Å². The molecule has 1 heterocycles. The normalized spacial score (nSPS) is 12.5. The maximum absolute atomic E-state index is 13.7. The number of aliphatic imine (C=N–C) groups is 2. The monoisotopic (exact) mass is 533 g/mol. The van der Waals surface area contributed by atoms with E-state index in [-0.39, 0.29) is 23.8 Å². The molecule has 0 aliphatic rings. The second-order valence-electron chi connectivity index (χ2n) is 8.55. The SMILES string of the molecule is C=N/C(C[C@@H](C)S(=O)(=O)Nc1c(O)nc(CCCC)n(-c2c(OC)cccc2OC)c1=O)=N\C=C(C)C. The van der Waals surface area contributed by atoms with Gasteiger partial charge in [-0.15, -0.1) is 0 Å². The number of para-hydroxylation sites is 1. The number of unbranched alkanes of at least 4 members (excludes halogenated alkanes) is 1. The number of hydrogen-bond donors (Lipinski definition) is 2. The summed E-state index contributed by atoms with van der Waals surface area (Å²) in [6.45, 7) is 10.5. The van der Waals surface area contributed by atoms with E-state index in [1.807, 2.05) is 20.8 Å². The fourth-order valence-electron chi connectivity index (χ4n) is 3.40. The third-order valence-electron chi connectivity index (χ3n) is 5.41. The van der Waals surface area contributed by atoms with Crippen molar-refractivity contribution in [1.82, 2.24) is 9.55 Å². The highest BCUT2D eigenvalue weighted by Crippen LogP contribution is 2.33. The van der Waals surface area contributed by atoms with Gasteiger partial charge >= 0.3 is 0 Å². The van der Waals surface area contributed by atoms with Crippen LogP contribution in [0, 0.1) is 0 Å². The van der Waals surface area contributed by atoms with Gasteiger partial charge in [-0.25, -0.2) is 18.4 Å². The summed E-state index contributed by atoms with van der Waals surface area (Å²) < 4.78 is 40.7. The number of aryl methyl sites for hydroxylation is 1. The fourth-order valence-corrected chi connectivity index (χ4v) is 4.43. The first-order chi connectivity index (χ1) is 17.5. The van der Waals surface area contributed by atoms with Gasteiger partial charge in [0, 0.05) is 19.0 Å². The Bertz CT molecular complexity index is 1320. The van der Waals surface area contributed by atoms with Gasteiger partial charge < -0.3 is 14.6 Å². The van der Waals surface area contributed by atoms with Gasteiger partial charge in [0.05, 0.1) is 19.5 Å². The zero-order valence-corrected chi connectivity index (χ0v) is 22.9. The Kier molecular flexibility index (Phi) is 10.4. The molecule has 2 N–H and O–H groups in total. The first kappa shape index (κ1) is 29.6. The Morgan fingerprint density at radius 3 is 2.41 bits per heavy atom. The molecule has 2 aromatic rings. The number of sulfonamides is 1. The maximum atomic E-state index is 13.7. The molecule has 0 aliphatic heterocycles. The third kappa shape index (κ3) is 7.19. The highest BCUT2D eigenvalue weighted by Gasteiger charge is 2.28. The van der Waals surface area contributed by atoms with E-state index in [1.165, 1.54) is 25.7 Å². The molecule has 1 atom stereocenters. The Morgan fingerprint density at radius 2 is 1.89 bits per heavy atom. The smallest absolute Gasteiger partial charge is 0.286 e. The third-order valence-corrected chi connectivity index (χ3v) is 7.13. The lowest BCUT2D eigenvalue weighted by atomic mass is 10.2. The second kappa shape index (κ2) is 13.0. The van der Waals surface area contributed by atoms with Crippen LogP contribution in [0.4, 0.5) is 5.69 Å². The van der Waals surface area contributed by atoms with E-state index < -0.39 is 32.4 Å². The van der Waals surface area contributed by atoms with Gasteiger partial charge in [-0.1, -0.05) is 25.0 Å². The summed E-state index contributed by atoms with van der Waals surface area (Å²) in [5, 5.41) is 9.58. The van der Waals surface area contributed by atoms with Gasteiger partial charge in [0.15, 0.2) is 5.69 Å². The van der Waals surface area contributed by atoms with Crippen LogP contribution in [0.2, 0.25) is 0 Å². The van der Waals surface area contributed by atoms with Crippen LogP contribution in [0.3, 0.4) is 0 Å². The first-order valence-corrected chi connectivity index (χ1v) is 13.3. The number of anilines is 1. The number of ether oxygens (including phenoxy) is 2. The zero-order chi connectivity index (χ0) is 27.8. The van der Waals surface area contributed by atoms with Crippen LogP contribution in [0.25, 0.3) is 5.69 Å². The average molecular weight is 534 g/mol. The fraction of sp³-hybridized carbons (Fsp3) is 0.440. The number of methoxy groups -OCH3 is 2. The van der Waals surface area contributed by atoms with E-state index in [0.717, 1.165) is 12.0 Å². The van der Waals surface area contributed by atoms with Gasteiger partial charge in [0.2, 0.25) is 15.9 Å². The summed E-state index contributed by atoms with van der Waals surface area (Å²) in [7, 11) is -1.30. The average Bonchev–Trinajstić information content (AvgIpc) is 2.86. The minimum atomic E-state index is -4.18. The van der Waals surface area contributed by atoms with Gasteiger partial charge in [-0.05, 0) is 46.0 Å². The Morgan fingerprint density at radius 1 is 1.27 bits per heavy atom. The lowest BCUT2D eigenvalue weighted by Gasteiger charge is -2.20. The number of aromatic hydroxyl groups is 1. The first-order valence-electron chi connectivity index (χ1n) is 11.7. The highest BCUT2D eigenvalue weighted by atomic mass is 32.2. The van der Waals surface area contributed by atoms with Crippen LogP contribution in [0.15, 0.2) is 44.8 Å². The van der Waals surface area contributed by atoms with Crippen molar-refractivity contribution in [3.8, 4) is 23.1 Å². The predicted octanol–water partition coefficient (Wildman–Crippen LogP) is 3.84. The van der Waals surface area contributed by atoms with Crippen molar-refractivity contribution in [3.63, 3.8) is 0 Å². The van der Waals surface area contributed by atoms with Crippen LogP contribution in [0.5, 0.6) is 17.4 Å². The molecule has 202 valence electrons. The van der Waals surface area contributed by atoms with Crippen molar-refractivity contribution in [2.75, 3.05) is 18.9 Å². The van der Waals surface area contributed by atoms with Gasteiger partial charge in [-0.3, -0.25) is 14.1 Å². The Balaban J connectivity index is 2.66. The molecule has 0 amide bonds. The summed E-state index contributed by atoms with van der Waals surface area (Å²) in [6.07, 6.45) is 3.31. The van der Waals surface area contributed by atoms with Crippen LogP contribution in [-0.4, -0.2) is 55.1 Å². The molecular weight excluding hydrogens is 498 g/mol. The number of amidine groups is 1. The lowest BCUT2D eigenvalue weighted by Crippen LogP contribution is -2.33. The summed E-state index contributed by atoms with van der Waals surface area (Å²) in [5.41, 5.74) is -0.260. The summed E-state index contributed by atoms with van der Waals surface area (Å²) in [5.74, 6) is 0.344. The maximum Gasteiger partial charge on any atom is 0.286 e. The molecule has 0 aliphatic carbocycles. The van der Waals surface area contributed by atoms with E-state index >= 15 is 0 Å². The topological polar surface area (TPSA) is 144 Å². The number of hydrogen-bond acceptors (Lipinski definition) is 8. The summed E-state index contributed by atoms with van der Waals surface area (Å²) in [6, 6.07) is 4.98. The molecule has 0 spiro atoms. The van der Waals surface area contributed by atoms with Crippen molar-refractivity contribution in [2.24, 2.45) is 9.98 Å². The van der Waals surface area contributed by atoms with Crippen LogP contribution < -0.4 is 19.8 Å². The van der Waals surface area contributed by atoms with Crippen molar-refractivity contribution < 1.29 is 23.0 Å². The van der Waals surface area contributed by atoms with Crippen LogP contribution >= 0.6 is 0 Å². The van der Waals surface area contributed by atoms with Crippen molar-refractivity contribution >= 4 is 28.3 Å². The molecule has 11 nitrogen and oxygen atoms in total. The van der Waals surface area contributed by atoms with Crippen LogP contribution in [0.1, 0.15) is 52.8 Å². The summed E-state index contributed by atoms with van der Waals surface area (Å²) in [4.78, 5) is 25.9. The van der Waals surface area contributed by atoms with E-state index in [2.05, 4.69) is 26.4 Å². The van der Waals surface area contributed by atoms with Crippen molar-refractivity contribution in [1.29, 1.82) is 0 Å². The molecule has 37 heavy (non-hydrogen) atoms. The molecular formula is C25H35N5O6S. The van der Waals surface area contributed by atoms with Crippen molar-refractivity contribution in [3.05, 3.63) is 46.2 Å². The Labute approximate surface area is 217 Å². The molecule has 1 aromatic heterocycles. The molecule has 0 unspecified atom stereocenters. The quantitative estimate of drug-likeness (QED) is 0.311. The minimum absolute atomic E-state index is 0.0695. The van der Waals surface area contributed by atoms with E-state index in [0.29, 0.717) is 24.3 Å². The number of aromatic nitrogens is 2. The molecule has 0 fully saturated rings. The standard InChI is InChI=1S/C25H35N5O6S/c1-8-9-13-21-28-24(31)22(25(32)30(21)23-18(35-6)11-10-12-19(23)36-7)29-37(33,34)17(4)14-20(26-5)27-15-16(2)3/h10-12,15,17,29,31H,5,8-9,13-14H2,1-4,6-7H3/b27-20-/t17-/m1/s1. The number of nitrogens with one attached hydrogen (secondary N) is 1. The van der Waals surface area contributed by atoms with E-state index in [4.69, 9.17) is 9.47 Å². The number of benzene rings is 1. The number of rotatable bonds is 12. The molecule has 0 radical (unpaired) electrons. The summed E-state index contributed by atoms with van der Waals surface area (Å²) >= 11 is 0. The second-order valence-corrected chi connectivity index (χ2v) is 10.7. The molecule has 12 heteroatoms. The number of nitrogens with zero attached hydrogens (tertiary/aromatic N) is 4. The molecule has 2 rings (SSSR count). The van der Waals surface area contributed by atoms with E-state index in [1.54, 1.807) is 24.4 Å². The highest BCUT2D eigenvalue weighted by molar-refractivity contribution is 7.93. The molecule has 1 aromatic carbocycles. The zero-order valence-electron chi connectivity index (χ0n) is 22.1. The minimum Gasteiger partial charge on any atom is -0.494 e. The predicted molar refractivity (Wildman–Crippen MR) is 146 cm³/mol. The molecule has 0 saturated heterocycles. The molecule has 0 bridgehead atoms. The van der Waals surface area contributed by atoms with Crippen molar-refractivity contribution in [2.45, 2.75) is 58.6 Å². The largest absolute Gasteiger partial charge is 0.494 e. The lowest BCUT2D eigenvalue weighted by molar-refractivity contribution is 0.388. The molecule has 0 saturated carbocycles.